The zero-order valence-electron chi connectivity index (χ0n) is 16.7. The standard InChI is InChI=1S/C22H23ClFN5O/c1-15-25-8-11-29(15)20-4-2-16(12-19(20)24)13-27-22(30)17-6-9-28(10-7-17)21-5-3-18(23)14-26-21/h2-5,8,11-12,14,17H,6-7,9-10,13H2,1H3,(H,27,30). The maximum absolute atomic E-state index is 14.5. The number of rotatable bonds is 5. The maximum atomic E-state index is 14.5. The average Bonchev–Trinajstić information content (AvgIpc) is 3.18. The van der Waals surface area contributed by atoms with Gasteiger partial charge in [0.25, 0.3) is 0 Å². The number of benzene rings is 1. The summed E-state index contributed by atoms with van der Waals surface area (Å²) in [6.07, 6.45) is 6.50. The summed E-state index contributed by atoms with van der Waals surface area (Å²) in [5.74, 6) is 1.21. The summed E-state index contributed by atoms with van der Waals surface area (Å²) < 4.78 is 16.2. The van der Waals surface area contributed by atoms with Crippen LogP contribution in [0, 0.1) is 18.7 Å². The van der Waals surface area contributed by atoms with Crippen LogP contribution < -0.4 is 10.2 Å². The Balaban J connectivity index is 1.30. The largest absolute Gasteiger partial charge is 0.357 e. The molecule has 1 fully saturated rings. The van der Waals surface area contributed by atoms with Crippen molar-refractivity contribution in [1.82, 2.24) is 19.9 Å². The van der Waals surface area contributed by atoms with Crippen molar-refractivity contribution in [3.63, 3.8) is 0 Å². The molecule has 3 aromatic rings. The molecule has 1 amide bonds. The first-order chi connectivity index (χ1) is 14.5. The van der Waals surface area contributed by atoms with Crippen LogP contribution in [0.4, 0.5) is 10.2 Å². The van der Waals surface area contributed by atoms with Crippen molar-refractivity contribution in [1.29, 1.82) is 0 Å². The molecule has 0 aliphatic carbocycles. The number of carbonyl (C=O) groups is 1. The molecule has 1 aliphatic heterocycles. The zero-order chi connectivity index (χ0) is 21.1. The van der Waals surface area contributed by atoms with Crippen LogP contribution in [0.1, 0.15) is 24.2 Å². The SMILES string of the molecule is Cc1nccn1-c1ccc(CNC(=O)C2CCN(c3ccc(Cl)cn3)CC2)cc1F. The molecule has 0 spiro atoms. The number of carbonyl (C=O) groups excluding carboxylic acids is 1. The Morgan fingerprint density at radius 1 is 1.23 bits per heavy atom. The van der Waals surface area contributed by atoms with Gasteiger partial charge in [0.15, 0.2) is 0 Å². The van der Waals surface area contributed by atoms with E-state index in [1.165, 1.54) is 6.07 Å². The normalized spacial score (nSPS) is 14.7. The van der Waals surface area contributed by atoms with Crippen molar-refractivity contribution in [2.45, 2.75) is 26.3 Å². The maximum Gasteiger partial charge on any atom is 0.223 e. The first-order valence-corrected chi connectivity index (χ1v) is 10.3. The van der Waals surface area contributed by atoms with Gasteiger partial charge in [0.1, 0.15) is 17.5 Å². The lowest BCUT2D eigenvalue weighted by atomic mass is 9.96. The predicted octanol–water partition coefficient (Wildman–Crippen LogP) is 3.90. The molecule has 1 N–H and O–H groups in total. The number of pyridine rings is 1. The minimum Gasteiger partial charge on any atom is -0.357 e. The summed E-state index contributed by atoms with van der Waals surface area (Å²) in [6.45, 7) is 3.65. The minimum atomic E-state index is -0.341. The van der Waals surface area contributed by atoms with Gasteiger partial charge in [-0.2, -0.15) is 0 Å². The number of imidazole rings is 1. The molecular formula is C22H23ClFN5O. The lowest BCUT2D eigenvalue weighted by Gasteiger charge is -2.32. The number of anilines is 1. The van der Waals surface area contributed by atoms with E-state index in [1.807, 2.05) is 25.1 Å². The second-order valence-electron chi connectivity index (χ2n) is 7.44. The number of hydrogen-bond acceptors (Lipinski definition) is 4. The van der Waals surface area contributed by atoms with Gasteiger partial charge in [-0.25, -0.2) is 14.4 Å². The second-order valence-corrected chi connectivity index (χ2v) is 7.88. The smallest absolute Gasteiger partial charge is 0.223 e. The first-order valence-electron chi connectivity index (χ1n) is 9.94. The number of amides is 1. The van der Waals surface area contributed by atoms with Crippen LogP contribution in [-0.4, -0.2) is 33.5 Å². The molecule has 0 atom stereocenters. The Bertz CT molecular complexity index is 1030. The lowest BCUT2D eigenvalue weighted by molar-refractivity contribution is -0.125. The van der Waals surface area contributed by atoms with Crippen molar-refractivity contribution in [2.75, 3.05) is 18.0 Å². The van der Waals surface area contributed by atoms with Gasteiger partial charge < -0.3 is 14.8 Å². The van der Waals surface area contributed by atoms with E-state index in [0.717, 1.165) is 43.1 Å². The van der Waals surface area contributed by atoms with Gasteiger partial charge in [-0.15, -0.1) is 0 Å². The second kappa shape index (κ2) is 8.83. The van der Waals surface area contributed by atoms with Gasteiger partial charge in [0.05, 0.1) is 10.7 Å². The number of piperidine rings is 1. The van der Waals surface area contributed by atoms with Crippen LogP contribution in [0.3, 0.4) is 0 Å². The molecule has 0 radical (unpaired) electrons. The predicted molar refractivity (Wildman–Crippen MR) is 114 cm³/mol. The average molecular weight is 428 g/mol. The summed E-state index contributed by atoms with van der Waals surface area (Å²) in [4.78, 5) is 23.2. The number of nitrogens with zero attached hydrogens (tertiary/aromatic N) is 4. The highest BCUT2D eigenvalue weighted by Crippen LogP contribution is 2.23. The van der Waals surface area contributed by atoms with E-state index < -0.39 is 0 Å². The molecule has 0 bridgehead atoms. The molecule has 156 valence electrons. The third-order valence-electron chi connectivity index (χ3n) is 5.47. The molecule has 1 aromatic carbocycles. The lowest BCUT2D eigenvalue weighted by Crippen LogP contribution is -2.40. The molecule has 30 heavy (non-hydrogen) atoms. The molecule has 0 unspecified atom stereocenters. The summed E-state index contributed by atoms with van der Waals surface area (Å²) in [5.41, 5.74) is 1.17. The van der Waals surface area contributed by atoms with Crippen LogP contribution in [0.5, 0.6) is 0 Å². The van der Waals surface area contributed by atoms with Crippen molar-refractivity contribution in [3.8, 4) is 5.69 Å². The van der Waals surface area contributed by atoms with E-state index in [-0.39, 0.29) is 17.6 Å². The Labute approximate surface area is 179 Å². The van der Waals surface area contributed by atoms with E-state index in [4.69, 9.17) is 11.6 Å². The number of aromatic nitrogens is 3. The highest BCUT2D eigenvalue weighted by Gasteiger charge is 2.25. The van der Waals surface area contributed by atoms with Crippen molar-refractivity contribution < 1.29 is 9.18 Å². The van der Waals surface area contributed by atoms with Gasteiger partial charge in [-0.3, -0.25) is 4.79 Å². The van der Waals surface area contributed by atoms with Crippen LogP contribution >= 0.6 is 11.6 Å². The molecule has 6 nitrogen and oxygen atoms in total. The zero-order valence-corrected chi connectivity index (χ0v) is 17.4. The van der Waals surface area contributed by atoms with Crippen LogP contribution in [0.15, 0.2) is 48.9 Å². The van der Waals surface area contributed by atoms with E-state index in [2.05, 4.69) is 20.2 Å². The Hall–Kier alpha value is -2.93. The van der Waals surface area contributed by atoms with E-state index in [1.54, 1.807) is 29.2 Å². The van der Waals surface area contributed by atoms with Gasteiger partial charge in [-0.1, -0.05) is 17.7 Å². The van der Waals surface area contributed by atoms with Gasteiger partial charge in [-0.05, 0) is 49.6 Å². The van der Waals surface area contributed by atoms with Crippen LogP contribution in [0.2, 0.25) is 5.02 Å². The molecule has 1 saturated heterocycles. The number of aryl methyl sites for hydroxylation is 1. The van der Waals surface area contributed by atoms with Crippen molar-refractivity contribution in [3.05, 3.63) is 71.2 Å². The molecule has 4 rings (SSSR count). The Morgan fingerprint density at radius 2 is 2.03 bits per heavy atom. The molecule has 0 saturated carbocycles. The molecule has 2 aromatic heterocycles. The van der Waals surface area contributed by atoms with Crippen molar-refractivity contribution in [2.24, 2.45) is 5.92 Å². The number of halogens is 2. The van der Waals surface area contributed by atoms with Crippen LogP contribution in [0.25, 0.3) is 5.69 Å². The van der Waals surface area contributed by atoms with Crippen LogP contribution in [-0.2, 0) is 11.3 Å². The summed E-state index contributed by atoms with van der Waals surface area (Å²) >= 11 is 5.89. The van der Waals surface area contributed by atoms with E-state index in [0.29, 0.717) is 17.3 Å². The topological polar surface area (TPSA) is 63.1 Å². The fourth-order valence-electron chi connectivity index (χ4n) is 3.75. The van der Waals surface area contributed by atoms with E-state index in [9.17, 15) is 9.18 Å². The molecule has 8 heteroatoms. The fraction of sp³-hybridized carbons (Fsp3) is 0.318. The van der Waals surface area contributed by atoms with Gasteiger partial charge in [0, 0.05) is 44.1 Å². The molecule has 1 aliphatic rings. The molecule has 3 heterocycles. The van der Waals surface area contributed by atoms with Gasteiger partial charge >= 0.3 is 0 Å². The number of hydrogen-bond donors (Lipinski definition) is 1. The number of nitrogens with one attached hydrogen (secondary N) is 1. The molecular weight excluding hydrogens is 405 g/mol. The third-order valence-corrected chi connectivity index (χ3v) is 5.69. The fourth-order valence-corrected chi connectivity index (χ4v) is 3.86. The van der Waals surface area contributed by atoms with E-state index >= 15 is 0 Å². The Morgan fingerprint density at radius 3 is 2.67 bits per heavy atom. The summed E-state index contributed by atoms with van der Waals surface area (Å²) in [7, 11) is 0. The highest BCUT2D eigenvalue weighted by atomic mass is 35.5. The summed E-state index contributed by atoms with van der Waals surface area (Å²) in [6, 6.07) is 8.72. The monoisotopic (exact) mass is 427 g/mol. The first kappa shape index (κ1) is 20.3. The van der Waals surface area contributed by atoms with Crippen molar-refractivity contribution >= 4 is 23.3 Å². The van der Waals surface area contributed by atoms with Gasteiger partial charge in [0.2, 0.25) is 5.91 Å². The highest BCUT2D eigenvalue weighted by molar-refractivity contribution is 6.30. The summed E-state index contributed by atoms with van der Waals surface area (Å²) in [5, 5.41) is 3.56. The minimum absolute atomic E-state index is 0.00801. The quantitative estimate of drug-likeness (QED) is 0.670. The Kier molecular flexibility index (Phi) is 5.99. The third kappa shape index (κ3) is 4.46.